The van der Waals surface area contributed by atoms with Crippen LogP contribution in [0.1, 0.15) is 5.56 Å². The second kappa shape index (κ2) is 5.02. The fourth-order valence-electron chi connectivity index (χ4n) is 1.43. The van der Waals surface area contributed by atoms with Crippen LogP contribution in [0, 0.1) is 6.92 Å². The topological polar surface area (TPSA) is 91.9 Å². The van der Waals surface area contributed by atoms with Crippen LogP contribution < -0.4 is 10.2 Å². The molecule has 0 saturated carbocycles. The molecule has 2 aromatic rings. The molecule has 0 fully saturated rings. The van der Waals surface area contributed by atoms with Crippen molar-refractivity contribution in [3.05, 3.63) is 51.7 Å². The van der Waals surface area contributed by atoms with E-state index in [-0.39, 0.29) is 15.7 Å². The van der Waals surface area contributed by atoms with Gasteiger partial charge in [-0.2, -0.15) is 0 Å². The minimum Gasteiger partial charge on any atom is -0.366 e. The summed E-state index contributed by atoms with van der Waals surface area (Å²) in [5, 5.41) is 0.0153. The number of hydrogen-bond donors (Lipinski definition) is 2. The number of H-pyrrole nitrogens is 1. The molecule has 0 saturated heterocycles. The summed E-state index contributed by atoms with van der Waals surface area (Å²) in [6, 6.07) is 2.66. The van der Waals surface area contributed by atoms with Crippen LogP contribution in [0.4, 0.5) is 5.69 Å². The van der Waals surface area contributed by atoms with Crippen LogP contribution in [0.3, 0.4) is 0 Å². The number of pyridine rings is 2. The molecular formula is C11H10ClN3O3S. The van der Waals surface area contributed by atoms with Gasteiger partial charge in [0.2, 0.25) is 5.43 Å². The molecule has 0 radical (unpaired) electrons. The highest BCUT2D eigenvalue weighted by molar-refractivity contribution is 7.92. The van der Waals surface area contributed by atoms with Gasteiger partial charge in [-0.25, -0.2) is 13.4 Å². The summed E-state index contributed by atoms with van der Waals surface area (Å²) in [5.41, 5.74) is 0.261. The molecule has 0 aromatic carbocycles. The van der Waals surface area contributed by atoms with Crippen molar-refractivity contribution in [2.24, 2.45) is 0 Å². The van der Waals surface area contributed by atoms with E-state index in [4.69, 9.17) is 11.6 Å². The van der Waals surface area contributed by atoms with Crippen molar-refractivity contribution in [2.75, 3.05) is 4.72 Å². The first-order valence-corrected chi connectivity index (χ1v) is 7.08. The molecule has 2 heterocycles. The Kier molecular flexibility index (Phi) is 3.59. The van der Waals surface area contributed by atoms with E-state index in [9.17, 15) is 13.2 Å². The standard InChI is InChI=1S/C11H10ClN3O3S/c1-7-4-8(11(12)14-5-7)15-19(17,18)10-6-13-3-2-9(10)16/h2-6,15H,1H3,(H,13,16). The van der Waals surface area contributed by atoms with Gasteiger partial charge in [0.25, 0.3) is 10.0 Å². The van der Waals surface area contributed by atoms with Crippen molar-refractivity contribution < 1.29 is 8.42 Å². The Morgan fingerprint density at radius 2 is 2.16 bits per heavy atom. The van der Waals surface area contributed by atoms with Crippen LogP contribution in [0.25, 0.3) is 0 Å². The zero-order chi connectivity index (χ0) is 14.0. The quantitative estimate of drug-likeness (QED) is 0.841. The molecule has 0 aliphatic rings. The molecule has 0 atom stereocenters. The SMILES string of the molecule is Cc1cnc(Cl)c(NS(=O)(=O)c2c[nH]ccc2=O)c1. The number of aryl methyl sites for hydroxylation is 1. The van der Waals surface area contributed by atoms with Gasteiger partial charge >= 0.3 is 0 Å². The van der Waals surface area contributed by atoms with Crippen LogP contribution >= 0.6 is 11.6 Å². The van der Waals surface area contributed by atoms with E-state index < -0.39 is 15.5 Å². The maximum Gasteiger partial charge on any atom is 0.267 e. The molecule has 0 aliphatic heterocycles. The fraction of sp³-hybridized carbons (Fsp3) is 0.0909. The number of nitrogens with one attached hydrogen (secondary N) is 2. The van der Waals surface area contributed by atoms with Gasteiger partial charge < -0.3 is 4.98 Å². The number of rotatable bonds is 3. The molecule has 0 unspecified atom stereocenters. The second-order valence-electron chi connectivity index (χ2n) is 3.83. The van der Waals surface area contributed by atoms with E-state index >= 15 is 0 Å². The van der Waals surface area contributed by atoms with E-state index in [0.29, 0.717) is 0 Å². The van der Waals surface area contributed by atoms with E-state index in [1.807, 2.05) is 0 Å². The Hall–Kier alpha value is -1.86. The maximum absolute atomic E-state index is 12.1. The van der Waals surface area contributed by atoms with E-state index in [0.717, 1.165) is 17.8 Å². The van der Waals surface area contributed by atoms with Crippen molar-refractivity contribution >= 4 is 27.3 Å². The maximum atomic E-state index is 12.1. The molecule has 8 heteroatoms. The zero-order valence-electron chi connectivity index (χ0n) is 9.84. The number of aromatic nitrogens is 2. The lowest BCUT2D eigenvalue weighted by Crippen LogP contribution is -2.21. The predicted octanol–water partition coefficient (Wildman–Crippen LogP) is 1.53. The minimum absolute atomic E-state index is 0.0153. The van der Waals surface area contributed by atoms with Crippen molar-refractivity contribution in [2.45, 2.75) is 11.8 Å². The highest BCUT2D eigenvalue weighted by Gasteiger charge is 2.19. The highest BCUT2D eigenvalue weighted by Crippen LogP contribution is 2.22. The Labute approximate surface area is 114 Å². The fourth-order valence-corrected chi connectivity index (χ4v) is 2.75. The number of halogens is 1. The van der Waals surface area contributed by atoms with Crippen molar-refractivity contribution in [3.8, 4) is 0 Å². The minimum atomic E-state index is -4.00. The molecule has 100 valence electrons. The lowest BCUT2D eigenvalue weighted by atomic mass is 10.3. The van der Waals surface area contributed by atoms with Crippen molar-refractivity contribution in [1.82, 2.24) is 9.97 Å². The number of anilines is 1. The molecule has 2 rings (SSSR count). The van der Waals surface area contributed by atoms with Crippen LogP contribution in [0.15, 0.2) is 40.4 Å². The third kappa shape index (κ3) is 2.94. The molecule has 0 aliphatic carbocycles. The number of nitrogens with zero attached hydrogens (tertiary/aromatic N) is 1. The third-order valence-corrected chi connectivity index (χ3v) is 3.99. The highest BCUT2D eigenvalue weighted by atomic mass is 35.5. The molecule has 6 nitrogen and oxygen atoms in total. The van der Waals surface area contributed by atoms with Gasteiger partial charge in [0.1, 0.15) is 0 Å². The van der Waals surface area contributed by atoms with Gasteiger partial charge in [-0.3, -0.25) is 9.52 Å². The summed E-state index contributed by atoms with van der Waals surface area (Å²) in [5.74, 6) is 0. The van der Waals surface area contributed by atoms with Crippen molar-refractivity contribution in [1.29, 1.82) is 0 Å². The largest absolute Gasteiger partial charge is 0.366 e. The number of sulfonamides is 1. The van der Waals surface area contributed by atoms with Gasteiger partial charge in [0.15, 0.2) is 10.0 Å². The summed E-state index contributed by atoms with van der Waals surface area (Å²) in [4.78, 5) is 17.5. The summed E-state index contributed by atoms with van der Waals surface area (Å²) >= 11 is 5.81. The van der Waals surface area contributed by atoms with Crippen LogP contribution in [-0.4, -0.2) is 18.4 Å². The Morgan fingerprint density at radius 3 is 2.84 bits per heavy atom. The average molecular weight is 300 g/mol. The van der Waals surface area contributed by atoms with Gasteiger partial charge in [-0.15, -0.1) is 0 Å². The van der Waals surface area contributed by atoms with Crippen LogP contribution in [0.2, 0.25) is 5.15 Å². The summed E-state index contributed by atoms with van der Waals surface area (Å²) in [6.45, 7) is 1.75. The number of hydrogen-bond acceptors (Lipinski definition) is 4. The van der Waals surface area contributed by atoms with E-state index in [1.165, 1.54) is 18.5 Å². The van der Waals surface area contributed by atoms with E-state index in [2.05, 4.69) is 14.7 Å². The Bertz CT molecular complexity index is 771. The smallest absolute Gasteiger partial charge is 0.267 e. The molecule has 2 aromatic heterocycles. The summed E-state index contributed by atoms with van der Waals surface area (Å²) < 4.78 is 26.4. The zero-order valence-corrected chi connectivity index (χ0v) is 11.4. The Morgan fingerprint density at radius 1 is 1.42 bits per heavy atom. The molecule has 19 heavy (non-hydrogen) atoms. The molecule has 2 N–H and O–H groups in total. The normalized spacial score (nSPS) is 11.3. The van der Waals surface area contributed by atoms with Crippen molar-refractivity contribution in [3.63, 3.8) is 0 Å². The molecular weight excluding hydrogens is 290 g/mol. The second-order valence-corrected chi connectivity index (χ2v) is 5.84. The molecule has 0 bridgehead atoms. The third-order valence-electron chi connectivity index (χ3n) is 2.30. The molecule has 0 spiro atoms. The molecule has 0 amide bonds. The van der Waals surface area contributed by atoms with E-state index in [1.54, 1.807) is 6.92 Å². The van der Waals surface area contributed by atoms with Gasteiger partial charge in [-0.1, -0.05) is 11.6 Å². The van der Waals surface area contributed by atoms with Crippen LogP contribution in [0.5, 0.6) is 0 Å². The lowest BCUT2D eigenvalue weighted by molar-refractivity contribution is 0.600. The average Bonchev–Trinajstić information content (AvgIpc) is 2.34. The first kappa shape index (κ1) is 13.6. The monoisotopic (exact) mass is 299 g/mol. The summed E-state index contributed by atoms with van der Waals surface area (Å²) in [7, 11) is -4.00. The predicted molar refractivity (Wildman–Crippen MR) is 71.9 cm³/mol. The van der Waals surface area contributed by atoms with Crippen LogP contribution in [-0.2, 0) is 10.0 Å². The van der Waals surface area contributed by atoms with Gasteiger partial charge in [-0.05, 0) is 18.6 Å². The first-order valence-electron chi connectivity index (χ1n) is 5.22. The first-order chi connectivity index (χ1) is 8.90. The number of aromatic amines is 1. The summed E-state index contributed by atoms with van der Waals surface area (Å²) in [6.07, 6.45) is 3.97. The lowest BCUT2D eigenvalue weighted by Gasteiger charge is -2.08. The van der Waals surface area contributed by atoms with Gasteiger partial charge in [0, 0.05) is 24.7 Å². The Balaban J connectivity index is 2.45. The van der Waals surface area contributed by atoms with Gasteiger partial charge in [0.05, 0.1) is 5.69 Å².